The van der Waals surface area contributed by atoms with Gasteiger partial charge >= 0.3 is 0 Å². The van der Waals surface area contributed by atoms with Crippen molar-refractivity contribution in [1.82, 2.24) is 4.98 Å². The number of nitrogens with one attached hydrogen (secondary N) is 1. The molecule has 0 atom stereocenters. The van der Waals surface area contributed by atoms with Crippen molar-refractivity contribution in [3.05, 3.63) is 37.0 Å². The van der Waals surface area contributed by atoms with E-state index in [9.17, 15) is 20.2 Å². The van der Waals surface area contributed by atoms with Gasteiger partial charge in [-0.3, -0.25) is 20.2 Å². The van der Waals surface area contributed by atoms with Crippen molar-refractivity contribution in [3.63, 3.8) is 0 Å². The van der Waals surface area contributed by atoms with E-state index < -0.39 is 9.85 Å². The number of nitrogens with zero attached hydrogens (tertiary/aromatic N) is 3. The fraction of sp³-hybridized carbons (Fsp3) is 0.200. The van der Waals surface area contributed by atoms with E-state index in [4.69, 9.17) is 12.2 Å². The van der Waals surface area contributed by atoms with Crippen LogP contribution in [0.25, 0.3) is 10.1 Å². The Labute approximate surface area is 121 Å². The highest BCUT2D eigenvalue weighted by Gasteiger charge is 2.21. The number of hydrogen-bond acceptors (Lipinski definition) is 8. The summed E-state index contributed by atoms with van der Waals surface area (Å²) in [5.74, 6) is 0. The van der Waals surface area contributed by atoms with Crippen molar-refractivity contribution in [1.29, 1.82) is 0 Å². The van der Waals surface area contributed by atoms with E-state index in [2.05, 4.69) is 10.3 Å². The molecule has 104 valence electrons. The summed E-state index contributed by atoms with van der Waals surface area (Å²) in [5.41, 5.74) is -0.715. The molecule has 0 aliphatic heterocycles. The smallest absolute Gasteiger partial charge is 0.294 e. The molecular formula is C10H8N4O4S2. The molecule has 0 saturated heterocycles. The van der Waals surface area contributed by atoms with E-state index in [1.54, 1.807) is 0 Å². The van der Waals surface area contributed by atoms with Crippen LogP contribution in [0.5, 0.6) is 0 Å². The molecule has 10 heteroatoms. The second kappa shape index (κ2) is 5.43. The van der Waals surface area contributed by atoms with Gasteiger partial charge in [-0.15, -0.1) is 0 Å². The molecule has 2 aromatic rings. The third-order valence-corrected chi connectivity index (χ3v) is 3.80. The maximum atomic E-state index is 11.1. The SMILES string of the molecule is CCNc1nc(=S)c2cc([N+](=O)[O-])cc([N+](=O)[O-])c2s1. The predicted molar refractivity (Wildman–Crippen MR) is 77.9 cm³/mol. The molecule has 0 unspecified atom stereocenters. The van der Waals surface area contributed by atoms with Crippen LogP contribution < -0.4 is 5.32 Å². The zero-order valence-corrected chi connectivity index (χ0v) is 11.8. The first-order chi connectivity index (χ1) is 9.43. The summed E-state index contributed by atoms with van der Waals surface area (Å²) in [6, 6.07) is 2.15. The normalized spacial score (nSPS) is 10.4. The van der Waals surface area contributed by atoms with Crippen molar-refractivity contribution < 1.29 is 9.85 Å². The molecule has 0 radical (unpaired) electrons. The van der Waals surface area contributed by atoms with E-state index in [0.717, 1.165) is 17.4 Å². The summed E-state index contributed by atoms with van der Waals surface area (Å²) in [6.07, 6.45) is 0. The largest absolute Gasteiger partial charge is 0.362 e. The third kappa shape index (κ3) is 2.56. The zero-order valence-electron chi connectivity index (χ0n) is 10.2. The van der Waals surface area contributed by atoms with Crippen LogP contribution in [-0.2, 0) is 0 Å². The van der Waals surface area contributed by atoms with Gasteiger partial charge in [0.1, 0.15) is 9.34 Å². The lowest BCUT2D eigenvalue weighted by Crippen LogP contribution is -1.99. The molecule has 0 aliphatic carbocycles. The summed E-state index contributed by atoms with van der Waals surface area (Å²) in [6.45, 7) is 2.44. The molecule has 0 bridgehead atoms. The van der Waals surface area contributed by atoms with Crippen LogP contribution in [0.15, 0.2) is 12.1 Å². The van der Waals surface area contributed by atoms with Crippen molar-refractivity contribution in [2.24, 2.45) is 0 Å². The lowest BCUT2D eigenvalue weighted by atomic mass is 10.2. The van der Waals surface area contributed by atoms with Crippen LogP contribution in [0.4, 0.5) is 16.5 Å². The Hall–Kier alpha value is -2.20. The lowest BCUT2D eigenvalue weighted by molar-refractivity contribution is -0.392. The molecule has 0 spiro atoms. The molecule has 0 fully saturated rings. The number of aromatic nitrogens is 1. The number of hydrogen-bond donors (Lipinski definition) is 1. The van der Waals surface area contributed by atoms with Gasteiger partial charge in [0.15, 0.2) is 5.13 Å². The van der Waals surface area contributed by atoms with E-state index in [-0.39, 0.29) is 26.1 Å². The molecule has 1 heterocycles. The number of anilines is 1. The van der Waals surface area contributed by atoms with Gasteiger partial charge in [0.2, 0.25) is 0 Å². The molecule has 0 amide bonds. The quantitative estimate of drug-likeness (QED) is 0.523. The average Bonchev–Trinajstić information content (AvgIpc) is 2.37. The monoisotopic (exact) mass is 312 g/mol. The van der Waals surface area contributed by atoms with Crippen molar-refractivity contribution in [2.45, 2.75) is 6.92 Å². The minimum atomic E-state index is -0.690. The highest BCUT2D eigenvalue weighted by atomic mass is 32.1. The molecule has 2 rings (SSSR count). The highest BCUT2D eigenvalue weighted by Crippen LogP contribution is 2.36. The minimum Gasteiger partial charge on any atom is -0.362 e. The standard InChI is InChI=1S/C10H8N4O4S2/c1-2-11-10-12-9(19)6-3-5(13(15)16)4-7(14(17)18)8(6)20-10/h3-4H,2H2,1H3,(H,11,12,19). The molecule has 0 aliphatic rings. The van der Waals surface area contributed by atoms with Crippen LogP contribution >= 0.6 is 23.6 Å². The summed E-state index contributed by atoms with van der Waals surface area (Å²) >= 11 is 6.11. The Morgan fingerprint density at radius 3 is 2.60 bits per heavy atom. The molecule has 8 nitrogen and oxygen atoms in total. The molecule has 1 N–H and O–H groups in total. The Morgan fingerprint density at radius 2 is 2.05 bits per heavy atom. The first-order valence-electron chi connectivity index (χ1n) is 5.45. The van der Waals surface area contributed by atoms with E-state index in [0.29, 0.717) is 11.7 Å². The number of rotatable bonds is 4. The van der Waals surface area contributed by atoms with Crippen molar-refractivity contribution in [2.75, 3.05) is 11.9 Å². The Bertz CT molecular complexity index is 774. The molecule has 20 heavy (non-hydrogen) atoms. The first-order valence-corrected chi connectivity index (χ1v) is 6.68. The third-order valence-electron chi connectivity index (χ3n) is 2.42. The molecular weight excluding hydrogens is 304 g/mol. The van der Waals surface area contributed by atoms with Gasteiger partial charge < -0.3 is 5.32 Å². The second-order valence-electron chi connectivity index (χ2n) is 3.71. The Balaban J connectivity index is 2.86. The van der Waals surface area contributed by atoms with Crippen LogP contribution in [0, 0.1) is 24.9 Å². The van der Waals surface area contributed by atoms with Gasteiger partial charge in [0, 0.05) is 18.0 Å². The summed E-state index contributed by atoms with van der Waals surface area (Å²) in [7, 11) is 0. The summed E-state index contributed by atoms with van der Waals surface area (Å²) in [4.78, 5) is 24.6. The Morgan fingerprint density at radius 1 is 1.35 bits per heavy atom. The van der Waals surface area contributed by atoms with E-state index in [1.165, 1.54) is 6.07 Å². The van der Waals surface area contributed by atoms with E-state index >= 15 is 0 Å². The van der Waals surface area contributed by atoms with Crippen LogP contribution in [0.2, 0.25) is 0 Å². The number of benzene rings is 1. The second-order valence-corrected chi connectivity index (χ2v) is 5.10. The summed E-state index contributed by atoms with van der Waals surface area (Å²) in [5, 5.41) is 25.5. The van der Waals surface area contributed by atoms with Gasteiger partial charge in [-0.2, -0.15) is 0 Å². The fourth-order valence-corrected chi connectivity index (χ4v) is 3.03. The molecule has 1 aromatic carbocycles. The number of nitro groups is 2. The summed E-state index contributed by atoms with van der Waals surface area (Å²) < 4.78 is 0.373. The van der Waals surface area contributed by atoms with Gasteiger partial charge in [-0.1, -0.05) is 23.6 Å². The van der Waals surface area contributed by atoms with Crippen molar-refractivity contribution in [3.8, 4) is 0 Å². The fourth-order valence-electron chi connectivity index (χ4n) is 1.60. The van der Waals surface area contributed by atoms with Gasteiger partial charge in [0.05, 0.1) is 15.9 Å². The predicted octanol–water partition coefficient (Wildman–Crippen LogP) is 3.27. The topological polar surface area (TPSA) is 111 Å². The lowest BCUT2D eigenvalue weighted by Gasteiger charge is -2.04. The molecule has 1 aromatic heterocycles. The van der Waals surface area contributed by atoms with Crippen LogP contribution in [0.3, 0.4) is 0 Å². The van der Waals surface area contributed by atoms with Crippen LogP contribution in [-0.4, -0.2) is 21.4 Å². The Kier molecular flexibility index (Phi) is 3.86. The van der Waals surface area contributed by atoms with E-state index in [1.807, 2.05) is 6.92 Å². The number of fused-ring (bicyclic) bond motifs is 1. The van der Waals surface area contributed by atoms with Crippen LogP contribution in [0.1, 0.15) is 6.92 Å². The highest BCUT2D eigenvalue weighted by molar-refractivity contribution is 7.71. The number of non-ortho nitro benzene ring substituents is 2. The maximum absolute atomic E-state index is 11.1. The minimum absolute atomic E-state index is 0.0986. The molecule has 0 saturated carbocycles. The first kappa shape index (κ1) is 14.2. The zero-order chi connectivity index (χ0) is 14.9. The van der Waals surface area contributed by atoms with Gasteiger partial charge in [-0.25, -0.2) is 4.98 Å². The van der Waals surface area contributed by atoms with Crippen molar-refractivity contribution >= 4 is 50.1 Å². The van der Waals surface area contributed by atoms with Gasteiger partial charge in [-0.05, 0) is 6.92 Å². The number of nitro benzene ring substituents is 2. The average molecular weight is 312 g/mol. The maximum Gasteiger partial charge on any atom is 0.294 e. The van der Waals surface area contributed by atoms with Gasteiger partial charge in [0.25, 0.3) is 11.4 Å².